The van der Waals surface area contributed by atoms with Gasteiger partial charge < -0.3 is 20.2 Å². The minimum Gasteiger partial charge on any atom is -0.389 e. The third kappa shape index (κ3) is 4.18. The summed E-state index contributed by atoms with van der Waals surface area (Å²) in [5.41, 5.74) is 0. The molecule has 6 nitrogen and oxygen atoms in total. The fraction of sp³-hybridized carbons (Fsp3) is 0.857. The molecule has 2 N–H and O–H groups in total. The maximum atomic E-state index is 12.3. The third-order valence-corrected chi connectivity index (χ3v) is 4.22. The van der Waals surface area contributed by atoms with Gasteiger partial charge in [0.25, 0.3) is 0 Å². The number of aliphatic hydroxyl groups excluding tert-OH is 1. The molecule has 20 heavy (non-hydrogen) atoms. The van der Waals surface area contributed by atoms with Crippen molar-refractivity contribution in [3.8, 4) is 0 Å². The van der Waals surface area contributed by atoms with Gasteiger partial charge in [0.2, 0.25) is 11.8 Å². The van der Waals surface area contributed by atoms with Crippen molar-refractivity contribution >= 4 is 11.8 Å². The molecule has 2 heterocycles. The molecule has 2 aliphatic heterocycles. The van der Waals surface area contributed by atoms with Gasteiger partial charge in [0.15, 0.2) is 0 Å². The lowest BCUT2D eigenvalue weighted by Crippen LogP contribution is -2.39. The Bertz CT molecular complexity index is 356. The van der Waals surface area contributed by atoms with E-state index in [1.54, 1.807) is 9.80 Å². The first-order chi connectivity index (χ1) is 9.56. The molecule has 2 fully saturated rings. The Morgan fingerprint density at radius 1 is 1.15 bits per heavy atom. The van der Waals surface area contributed by atoms with Crippen LogP contribution in [0.2, 0.25) is 0 Å². The largest absolute Gasteiger partial charge is 0.389 e. The number of hydrogen-bond donors (Lipinski definition) is 2. The Morgan fingerprint density at radius 3 is 2.40 bits per heavy atom. The van der Waals surface area contributed by atoms with E-state index in [9.17, 15) is 14.7 Å². The summed E-state index contributed by atoms with van der Waals surface area (Å²) in [6, 6.07) is 0. The van der Waals surface area contributed by atoms with Gasteiger partial charge in [-0.2, -0.15) is 0 Å². The maximum Gasteiger partial charge on any atom is 0.222 e. The highest BCUT2D eigenvalue weighted by Gasteiger charge is 2.27. The molecule has 0 aromatic carbocycles. The van der Waals surface area contributed by atoms with Gasteiger partial charge in [0.05, 0.1) is 6.10 Å². The molecular weight excluding hydrogens is 258 g/mol. The van der Waals surface area contributed by atoms with Crippen LogP contribution in [0.4, 0.5) is 0 Å². The molecule has 0 saturated carbocycles. The van der Waals surface area contributed by atoms with Gasteiger partial charge >= 0.3 is 0 Å². The quantitative estimate of drug-likeness (QED) is 0.712. The normalized spacial score (nSPS) is 25.4. The lowest BCUT2D eigenvalue weighted by atomic mass is 9.94. The Hall–Kier alpha value is -1.14. The average molecular weight is 283 g/mol. The summed E-state index contributed by atoms with van der Waals surface area (Å²) >= 11 is 0. The summed E-state index contributed by atoms with van der Waals surface area (Å²) in [5.74, 6) is 0.520. The third-order valence-electron chi connectivity index (χ3n) is 4.22. The van der Waals surface area contributed by atoms with Crippen molar-refractivity contribution in [1.29, 1.82) is 0 Å². The molecule has 0 radical (unpaired) electrons. The van der Waals surface area contributed by atoms with Crippen LogP contribution in [0.3, 0.4) is 0 Å². The Kier molecular flexibility index (Phi) is 5.37. The van der Waals surface area contributed by atoms with E-state index in [2.05, 4.69) is 5.32 Å². The summed E-state index contributed by atoms with van der Waals surface area (Å²) in [7, 11) is 0. The highest BCUT2D eigenvalue weighted by molar-refractivity contribution is 5.77. The van der Waals surface area contributed by atoms with Gasteiger partial charge in [-0.1, -0.05) is 0 Å². The smallest absolute Gasteiger partial charge is 0.222 e. The number of aliphatic hydroxyl groups is 1. The SMILES string of the molecule is CC(=O)N1CCN(C(=O)CC2CCNCC2)C[C@@H](O)C1. The molecule has 0 bridgehead atoms. The maximum absolute atomic E-state index is 12.3. The van der Waals surface area contributed by atoms with Gasteiger partial charge in [0.1, 0.15) is 0 Å². The number of β-amino-alcohol motifs (C(OH)–C–C–N with tert-alkyl or cyclic N) is 1. The highest BCUT2D eigenvalue weighted by atomic mass is 16.3. The summed E-state index contributed by atoms with van der Waals surface area (Å²) in [4.78, 5) is 27.1. The van der Waals surface area contributed by atoms with E-state index in [0.717, 1.165) is 25.9 Å². The second kappa shape index (κ2) is 7.04. The number of hydrogen-bond acceptors (Lipinski definition) is 4. The first-order valence-corrected chi connectivity index (χ1v) is 7.48. The van der Waals surface area contributed by atoms with Crippen molar-refractivity contribution in [1.82, 2.24) is 15.1 Å². The topological polar surface area (TPSA) is 72.9 Å². The number of piperidine rings is 1. The van der Waals surface area contributed by atoms with E-state index in [1.807, 2.05) is 0 Å². The van der Waals surface area contributed by atoms with Crippen molar-refractivity contribution < 1.29 is 14.7 Å². The molecule has 0 unspecified atom stereocenters. The number of nitrogens with one attached hydrogen (secondary N) is 1. The number of amides is 2. The monoisotopic (exact) mass is 283 g/mol. The minimum atomic E-state index is -0.640. The fourth-order valence-electron chi connectivity index (χ4n) is 2.96. The first-order valence-electron chi connectivity index (χ1n) is 7.48. The van der Waals surface area contributed by atoms with Gasteiger partial charge in [-0.05, 0) is 31.8 Å². The van der Waals surface area contributed by atoms with Crippen LogP contribution in [0.25, 0.3) is 0 Å². The molecule has 1 atom stereocenters. The Morgan fingerprint density at radius 2 is 1.75 bits per heavy atom. The fourth-order valence-corrected chi connectivity index (χ4v) is 2.96. The van der Waals surface area contributed by atoms with Crippen LogP contribution in [-0.2, 0) is 9.59 Å². The first kappa shape index (κ1) is 15.3. The molecule has 0 aliphatic carbocycles. The number of carbonyl (C=O) groups excluding carboxylic acids is 2. The zero-order chi connectivity index (χ0) is 14.5. The van der Waals surface area contributed by atoms with Gasteiger partial charge in [-0.25, -0.2) is 0 Å². The summed E-state index contributed by atoms with van der Waals surface area (Å²) < 4.78 is 0. The molecule has 2 amide bonds. The predicted octanol–water partition coefficient (Wildman–Crippen LogP) is -0.572. The van der Waals surface area contributed by atoms with Crippen molar-refractivity contribution in [2.75, 3.05) is 39.3 Å². The zero-order valence-electron chi connectivity index (χ0n) is 12.2. The minimum absolute atomic E-state index is 0.0447. The molecule has 2 saturated heterocycles. The lowest BCUT2D eigenvalue weighted by molar-refractivity contribution is -0.133. The molecule has 0 spiro atoms. The van der Waals surface area contributed by atoms with E-state index in [4.69, 9.17) is 0 Å². The van der Waals surface area contributed by atoms with Crippen LogP contribution >= 0.6 is 0 Å². The van der Waals surface area contributed by atoms with Crippen molar-refractivity contribution in [3.05, 3.63) is 0 Å². The average Bonchev–Trinajstić information content (AvgIpc) is 2.62. The van der Waals surface area contributed by atoms with Crippen molar-refractivity contribution in [2.45, 2.75) is 32.3 Å². The summed E-state index contributed by atoms with van der Waals surface area (Å²) in [6.45, 7) is 5.18. The number of carbonyl (C=O) groups is 2. The second-order valence-electron chi connectivity index (χ2n) is 5.86. The highest BCUT2D eigenvalue weighted by Crippen LogP contribution is 2.18. The summed E-state index contributed by atoms with van der Waals surface area (Å²) in [6.07, 6.45) is 2.01. The van der Waals surface area contributed by atoms with Crippen LogP contribution in [-0.4, -0.2) is 72.1 Å². The van der Waals surface area contributed by atoms with Gasteiger partial charge in [0, 0.05) is 39.5 Å². The molecule has 0 aromatic rings. The summed E-state index contributed by atoms with van der Waals surface area (Å²) in [5, 5.41) is 13.2. The molecule has 2 aliphatic rings. The van der Waals surface area contributed by atoms with Crippen molar-refractivity contribution in [3.63, 3.8) is 0 Å². The van der Waals surface area contributed by atoms with Crippen LogP contribution < -0.4 is 5.32 Å². The zero-order valence-corrected chi connectivity index (χ0v) is 12.2. The van der Waals surface area contributed by atoms with E-state index < -0.39 is 6.10 Å². The van der Waals surface area contributed by atoms with E-state index in [1.165, 1.54) is 6.92 Å². The standard InChI is InChI=1S/C14H25N3O3/c1-11(18)16-6-7-17(10-13(19)9-16)14(20)8-12-2-4-15-5-3-12/h12-13,15,19H,2-10H2,1H3/t13-/m0/s1. The van der Waals surface area contributed by atoms with E-state index >= 15 is 0 Å². The van der Waals surface area contributed by atoms with E-state index in [-0.39, 0.29) is 11.8 Å². The Balaban J connectivity index is 1.87. The molecule has 2 rings (SSSR count). The van der Waals surface area contributed by atoms with Crippen molar-refractivity contribution in [2.24, 2.45) is 5.92 Å². The Labute approximate surface area is 120 Å². The van der Waals surface area contributed by atoms with Crippen LogP contribution in [0.5, 0.6) is 0 Å². The number of rotatable bonds is 2. The molecule has 6 heteroatoms. The van der Waals surface area contributed by atoms with Crippen LogP contribution in [0.15, 0.2) is 0 Å². The molecule has 0 aromatic heterocycles. The second-order valence-corrected chi connectivity index (χ2v) is 5.86. The lowest BCUT2D eigenvalue weighted by Gasteiger charge is -2.26. The van der Waals surface area contributed by atoms with Crippen LogP contribution in [0, 0.1) is 5.92 Å². The van der Waals surface area contributed by atoms with Gasteiger partial charge in [-0.3, -0.25) is 9.59 Å². The van der Waals surface area contributed by atoms with Gasteiger partial charge in [-0.15, -0.1) is 0 Å². The predicted molar refractivity (Wildman–Crippen MR) is 75.1 cm³/mol. The number of nitrogens with zero attached hydrogens (tertiary/aromatic N) is 2. The molecule has 114 valence electrons. The molecular formula is C14H25N3O3. The van der Waals surface area contributed by atoms with Crippen LogP contribution in [0.1, 0.15) is 26.2 Å². The van der Waals surface area contributed by atoms with E-state index in [0.29, 0.717) is 38.5 Å².